The van der Waals surface area contributed by atoms with Crippen molar-refractivity contribution in [2.45, 2.75) is 6.54 Å². The van der Waals surface area contributed by atoms with Crippen LogP contribution in [0.15, 0.2) is 18.2 Å². The molecule has 6 nitrogen and oxygen atoms in total. The average molecular weight is 252 g/mol. The first-order valence-electron chi connectivity index (χ1n) is 5.77. The molecule has 0 aliphatic carbocycles. The third kappa shape index (κ3) is 3.97. The highest BCUT2D eigenvalue weighted by Crippen LogP contribution is 2.25. The zero-order valence-corrected chi connectivity index (χ0v) is 11.1. The Hall–Kier alpha value is -1.66. The smallest absolute Gasteiger partial charge is 0.292 e. The lowest BCUT2D eigenvalue weighted by molar-refractivity contribution is -0.384. The van der Waals surface area contributed by atoms with Gasteiger partial charge in [-0.1, -0.05) is 12.1 Å². The summed E-state index contributed by atoms with van der Waals surface area (Å²) < 4.78 is 0. The maximum Gasteiger partial charge on any atom is 0.292 e. The van der Waals surface area contributed by atoms with E-state index in [9.17, 15) is 10.1 Å². The number of hydrogen-bond acceptors (Lipinski definition) is 5. The van der Waals surface area contributed by atoms with Crippen molar-refractivity contribution in [1.29, 1.82) is 0 Å². The molecule has 0 aliphatic heterocycles. The lowest BCUT2D eigenvalue weighted by Gasteiger charge is -2.20. The van der Waals surface area contributed by atoms with Crippen molar-refractivity contribution in [1.82, 2.24) is 9.80 Å². The third-order valence-corrected chi connectivity index (χ3v) is 2.74. The molecule has 1 aromatic carbocycles. The molecular weight excluding hydrogens is 232 g/mol. The molecule has 100 valence electrons. The third-order valence-electron chi connectivity index (χ3n) is 2.74. The number of hydrogen-bond donors (Lipinski definition) is 1. The van der Waals surface area contributed by atoms with Crippen LogP contribution in [0.2, 0.25) is 0 Å². The topological polar surface area (TPSA) is 75.6 Å². The summed E-state index contributed by atoms with van der Waals surface area (Å²) in [6, 6.07) is 4.93. The summed E-state index contributed by atoms with van der Waals surface area (Å²) in [4.78, 5) is 14.5. The van der Waals surface area contributed by atoms with E-state index in [1.165, 1.54) is 6.07 Å². The second kappa shape index (κ2) is 6.32. The first-order chi connectivity index (χ1) is 8.41. The van der Waals surface area contributed by atoms with Crippen LogP contribution in [0.25, 0.3) is 0 Å². The molecule has 0 radical (unpaired) electrons. The van der Waals surface area contributed by atoms with Crippen LogP contribution in [0.1, 0.15) is 5.56 Å². The number of likely N-dealkylation sites (N-methyl/N-ethyl adjacent to an activating group) is 2. The Balaban J connectivity index is 2.73. The minimum Gasteiger partial charge on any atom is -0.393 e. The number of benzene rings is 1. The van der Waals surface area contributed by atoms with Crippen LogP contribution >= 0.6 is 0 Å². The minimum absolute atomic E-state index is 0.0199. The molecule has 2 N–H and O–H groups in total. The molecule has 0 saturated heterocycles. The standard InChI is InChI=1S/C12H20N4O2/c1-14(2)7-8-15(3)9-10-5-4-6-11(12(10)13)16(17)18/h4-6H,7-9,13H2,1-3H3. The molecule has 0 atom stereocenters. The molecule has 1 rings (SSSR count). The van der Waals surface area contributed by atoms with E-state index in [-0.39, 0.29) is 11.4 Å². The van der Waals surface area contributed by atoms with Gasteiger partial charge in [0.1, 0.15) is 5.69 Å². The summed E-state index contributed by atoms with van der Waals surface area (Å²) in [5.41, 5.74) is 6.85. The van der Waals surface area contributed by atoms with Crippen molar-refractivity contribution in [3.05, 3.63) is 33.9 Å². The first kappa shape index (κ1) is 14.4. The maximum atomic E-state index is 10.8. The summed E-state index contributed by atoms with van der Waals surface area (Å²) in [5, 5.41) is 10.8. The molecule has 0 heterocycles. The van der Waals surface area contributed by atoms with Gasteiger partial charge in [-0.05, 0) is 26.7 Å². The van der Waals surface area contributed by atoms with Crippen molar-refractivity contribution in [2.75, 3.05) is 40.0 Å². The molecular formula is C12H20N4O2. The van der Waals surface area contributed by atoms with Gasteiger partial charge in [-0.25, -0.2) is 0 Å². The van der Waals surface area contributed by atoms with Crippen LogP contribution in [0.5, 0.6) is 0 Å². The summed E-state index contributed by atoms with van der Waals surface area (Å²) in [7, 11) is 5.99. The van der Waals surface area contributed by atoms with Crippen LogP contribution in [0, 0.1) is 10.1 Å². The number of nitro benzene ring substituents is 1. The molecule has 0 fully saturated rings. The Labute approximate surface area is 107 Å². The van der Waals surface area contributed by atoms with Crippen LogP contribution < -0.4 is 5.73 Å². The predicted molar refractivity (Wildman–Crippen MR) is 72.4 cm³/mol. The molecule has 0 unspecified atom stereocenters. The van der Waals surface area contributed by atoms with E-state index in [1.807, 2.05) is 27.2 Å². The van der Waals surface area contributed by atoms with Crippen molar-refractivity contribution in [2.24, 2.45) is 0 Å². The zero-order valence-electron chi connectivity index (χ0n) is 11.1. The zero-order chi connectivity index (χ0) is 13.7. The number of nitrogens with two attached hydrogens (primary N) is 1. The van der Waals surface area contributed by atoms with Crippen LogP contribution in [-0.2, 0) is 6.54 Å². The Morgan fingerprint density at radius 3 is 2.50 bits per heavy atom. The first-order valence-corrected chi connectivity index (χ1v) is 5.77. The van der Waals surface area contributed by atoms with Crippen molar-refractivity contribution >= 4 is 11.4 Å². The van der Waals surface area contributed by atoms with Gasteiger partial charge in [0.15, 0.2) is 0 Å². The van der Waals surface area contributed by atoms with Crippen LogP contribution in [-0.4, -0.2) is 49.0 Å². The molecule has 1 aromatic rings. The monoisotopic (exact) mass is 252 g/mol. The Morgan fingerprint density at radius 2 is 1.94 bits per heavy atom. The number of nitrogen functional groups attached to an aromatic ring is 1. The second-order valence-corrected chi connectivity index (χ2v) is 4.65. The number of para-hydroxylation sites is 1. The van der Waals surface area contributed by atoms with Gasteiger partial charge in [0.25, 0.3) is 5.69 Å². The summed E-state index contributed by atoms with van der Waals surface area (Å²) in [6.07, 6.45) is 0. The SMILES string of the molecule is CN(C)CCN(C)Cc1cccc([N+](=O)[O-])c1N. The lowest BCUT2D eigenvalue weighted by atomic mass is 10.1. The molecule has 6 heteroatoms. The Morgan fingerprint density at radius 1 is 1.28 bits per heavy atom. The largest absolute Gasteiger partial charge is 0.393 e. The fourth-order valence-corrected chi connectivity index (χ4v) is 1.64. The minimum atomic E-state index is -0.446. The van der Waals surface area contributed by atoms with Gasteiger partial charge in [-0.15, -0.1) is 0 Å². The number of rotatable bonds is 6. The highest BCUT2D eigenvalue weighted by molar-refractivity contribution is 5.62. The van der Waals surface area contributed by atoms with Crippen LogP contribution in [0.3, 0.4) is 0 Å². The van der Waals surface area contributed by atoms with E-state index in [0.717, 1.165) is 18.7 Å². The van der Waals surface area contributed by atoms with E-state index >= 15 is 0 Å². The van der Waals surface area contributed by atoms with E-state index < -0.39 is 4.92 Å². The molecule has 0 saturated carbocycles. The van der Waals surface area contributed by atoms with Gasteiger partial charge in [0, 0.05) is 25.7 Å². The fourth-order valence-electron chi connectivity index (χ4n) is 1.64. The summed E-state index contributed by atoms with van der Waals surface area (Å²) in [6.45, 7) is 2.43. The van der Waals surface area contributed by atoms with Gasteiger partial charge < -0.3 is 15.5 Å². The maximum absolute atomic E-state index is 10.8. The van der Waals surface area contributed by atoms with Crippen molar-refractivity contribution < 1.29 is 4.92 Å². The highest BCUT2D eigenvalue weighted by atomic mass is 16.6. The van der Waals surface area contributed by atoms with Gasteiger partial charge in [0.05, 0.1) is 4.92 Å². The summed E-state index contributed by atoms with van der Waals surface area (Å²) >= 11 is 0. The van der Waals surface area contributed by atoms with E-state index in [4.69, 9.17) is 5.73 Å². The summed E-state index contributed by atoms with van der Waals surface area (Å²) in [5.74, 6) is 0. The molecule has 0 aromatic heterocycles. The van der Waals surface area contributed by atoms with Crippen molar-refractivity contribution in [3.63, 3.8) is 0 Å². The van der Waals surface area contributed by atoms with Gasteiger partial charge >= 0.3 is 0 Å². The van der Waals surface area contributed by atoms with E-state index in [1.54, 1.807) is 6.07 Å². The lowest BCUT2D eigenvalue weighted by Crippen LogP contribution is -2.28. The van der Waals surface area contributed by atoms with Gasteiger partial charge in [-0.2, -0.15) is 0 Å². The molecule has 0 spiro atoms. The van der Waals surface area contributed by atoms with Crippen LogP contribution in [0.4, 0.5) is 11.4 Å². The van der Waals surface area contributed by atoms with E-state index in [0.29, 0.717) is 6.54 Å². The van der Waals surface area contributed by atoms with Crippen molar-refractivity contribution in [3.8, 4) is 0 Å². The Bertz CT molecular complexity index is 421. The average Bonchev–Trinajstić information content (AvgIpc) is 2.29. The molecule has 0 amide bonds. The fraction of sp³-hybridized carbons (Fsp3) is 0.500. The Kier molecular flexibility index (Phi) is 5.06. The number of nitro groups is 1. The molecule has 0 aliphatic rings. The number of nitrogens with zero attached hydrogens (tertiary/aromatic N) is 3. The highest BCUT2D eigenvalue weighted by Gasteiger charge is 2.15. The molecule has 18 heavy (non-hydrogen) atoms. The van der Waals surface area contributed by atoms with Gasteiger partial charge in [0.2, 0.25) is 0 Å². The molecule has 0 bridgehead atoms. The quantitative estimate of drug-likeness (QED) is 0.467. The number of anilines is 1. The normalized spacial score (nSPS) is 11.2. The predicted octanol–water partition coefficient (Wildman–Crippen LogP) is 1.17. The second-order valence-electron chi connectivity index (χ2n) is 4.65. The van der Waals surface area contributed by atoms with Gasteiger partial charge in [-0.3, -0.25) is 10.1 Å². The van der Waals surface area contributed by atoms with E-state index in [2.05, 4.69) is 9.80 Å².